The Hall–Kier alpha value is -3.71. The molecule has 2 aromatic carbocycles. The standard InChI is InChI=1S/C33H35Cl2N5O6/c1-39-15-21(32(43)40(2)33(39)44)30(42)37-24-9-5-7-19(29(24)35)18-6-4-8-20(28(18)34)25-14-17-10-11-23(27(17)31(38-25)45-3)36-22-12-13-46-16-26(22)41/h4-9,14-15,22-23,26,33,36,41,44H,10-13,16H2,1-3H3,(H,37,42). The molecule has 3 heterocycles. The lowest BCUT2D eigenvalue weighted by molar-refractivity contribution is -0.148. The number of fused-ring (bicyclic) bond motifs is 1. The number of hydrogen-bond donors (Lipinski definition) is 4. The topological polar surface area (TPSA) is 136 Å². The maximum Gasteiger partial charge on any atom is 0.264 e. The summed E-state index contributed by atoms with van der Waals surface area (Å²) in [5.74, 6) is -0.779. The Morgan fingerprint density at radius 1 is 1.07 bits per heavy atom. The molecule has 0 bridgehead atoms. The zero-order valence-electron chi connectivity index (χ0n) is 25.6. The number of hydrogen-bond acceptors (Lipinski definition) is 9. The van der Waals surface area contributed by atoms with Gasteiger partial charge in [0.15, 0.2) is 0 Å². The van der Waals surface area contributed by atoms with Crippen LogP contribution >= 0.6 is 23.2 Å². The van der Waals surface area contributed by atoms with E-state index in [2.05, 4.69) is 10.6 Å². The molecular weight excluding hydrogens is 633 g/mol. The molecule has 1 aliphatic carbocycles. The van der Waals surface area contributed by atoms with Gasteiger partial charge < -0.3 is 35.2 Å². The van der Waals surface area contributed by atoms with Gasteiger partial charge in [-0.15, -0.1) is 0 Å². The molecule has 4 unspecified atom stereocenters. The summed E-state index contributed by atoms with van der Waals surface area (Å²) < 4.78 is 11.2. The normalized spacial score (nSPS) is 22.8. The van der Waals surface area contributed by atoms with Crippen LogP contribution in [0.1, 0.15) is 30.0 Å². The largest absolute Gasteiger partial charge is 0.481 e. The minimum absolute atomic E-state index is 0.00616. The first-order valence-corrected chi connectivity index (χ1v) is 15.7. The van der Waals surface area contributed by atoms with Gasteiger partial charge in [-0.2, -0.15) is 0 Å². The number of anilines is 1. The number of halogens is 2. The molecule has 1 saturated heterocycles. The Bertz CT molecular complexity index is 1720. The van der Waals surface area contributed by atoms with Gasteiger partial charge in [-0.3, -0.25) is 14.5 Å². The van der Waals surface area contributed by atoms with Crippen molar-refractivity contribution >= 4 is 40.7 Å². The van der Waals surface area contributed by atoms with E-state index in [0.29, 0.717) is 52.2 Å². The molecule has 1 fully saturated rings. The molecule has 11 nitrogen and oxygen atoms in total. The van der Waals surface area contributed by atoms with Gasteiger partial charge in [0.1, 0.15) is 5.57 Å². The number of ether oxygens (including phenoxy) is 2. The van der Waals surface area contributed by atoms with Gasteiger partial charge in [0, 0.05) is 61.2 Å². The fourth-order valence-electron chi connectivity index (χ4n) is 6.26. The predicted molar refractivity (Wildman–Crippen MR) is 174 cm³/mol. The van der Waals surface area contributed by atoms with Gasteiger partial charge in [-0.25, -0.2) is 4.98 Å². The van der Waals surface area contributed by atoms with Crippen molar-refractivity contribution in [3.8, 4) is 28.3 Å². The summed E-state index contributed by atoms with van der Waals surface area (Å²) in [6.45, 7) is 0.923. The molecule has 2 aliphatic heterocycles. The molecule has 0 saturated carbocycles. The summed E-state index contributed by atoms with van der Waals surface area (Å²) in [5, 5.41) is 27.5. The van der Waals surface area contributed by atoms with Crippen molar-refractivity contribution in [1.29, 1.82) is 0 Å². The van der Waals surface area contributed by atoms with Crippen LogP contribution in [-0.4, -0.2) is 89.7 Å². The number of carbonyl (C=O) groups excluding carboxylic acids is 2. The zero-order chi connectivity index (χ0) is 32.7. The number of amides is 2. The summed E-state index contributed by atoms with van der Waals surface area (Å²) in [4.78, 5) is 33.1. The predicted octanol–water partition coefficient (Wildman–Crippen LogP) is 3.96. The average molecular weight is 669 g/mol. The molecule has 3 aliphatic rings. The number of nitrogens with one attached hydrogen (secondary N) is 2. The highest BCUT2D eigenvalue weighted by atomic mass is 35.5. The number of aliphatic hydroxyl groups is 2. The van der Waals surface area contributed by atoms with Crippen molar-refractivity contribution in [2.24, 2.45) is 0 Å². The summed E-state index contributed by atoms with van der Waals surface area (Å²) in [5.41, 5.74) is 4.77. The molecular formula is C33H35Cl2N5O6. The smallest absolute Gasteiger partial charge is 0.264 e. The van der Waals surface area contributed by atoms with E-state index in [0.717, 1.165) is 35.3 Å². The van der Waals surface area contributed by atoms with Crippen LogP contribution in [0.25, 0.3) is 22.4 Å². The highest BCUT2D eigenvalue weighted by molar-refractivity contribution is 6.40. The maximum atomic E-state index is 13.1. The van der Waals surface area contributed by atoms with E-state index in [1.807, 2.05) is 24.3 Å². The van der Waals surface area contributed by atoms with E-state index in [-0.39, 0.29) is 22.7 Å². The second-order valence-electron chi connectivity index (χ2n) is 11.6. The number of pyridine rings is 1. The lowest BCUT2D eigenvalue weighted by Gasteiger charge is -2.35. The number of aliphatic hydroxyl groups excluding tert-OH is 2. The van der Waals surface area contributed by atoms with Gasteiger partial charge in [0.05, 0.1) is 41.2 Å². The van der Waals surface area contributed by atoms with E-state index in [9.17, 15) is 19.8 Å². The first-order valence-electron chi connectivity index (χ1n) is 15.0. The van der Waals surface area contributed by atoms with Crippen molar-refractivity contribution < 1.29 is 29.3 Å². The van der Waals surface area contributed by atoms with Crippen LogP contribution in [0.3, 0.4) is 0 Å². The maximum absolute atomic E-state index is 13.1. The number of aryl methyl sites for hydroxylation is 1. The Kier molecular flexibility index (Phi) is 9.24. The van der Waals surface area contributed by atoms with E-state index in [4.69, 9.17) is 37.7 Å². The Balaban J connectivity index is 1.29. The van der Waals surface area contributed by atoms with Gasteiger partial charge >= 0.3 is 0 Å². The zero-order valence-corrected chi connectivity index (χ0v) is 27.1. The number of benzene rings is 2. The Morgan fingerprint density at radius 3 is 2.52 bits per heavy atom. The molecule has 0 radical (unpaired) electrons. The van der Waals surface area contributed by atoms with E-state index in [1.54, 1.807) is 32.4 Å². The SMILES string of the molecule is COc1nc(-c2cccc(-c3cccc(NC(=O)C4=CN(C)C(O)N(C)C4=O)c3Cl)c2Cl)cc2c1C(NC1CCOCC1O)CC2. The molecule has 4 N–H and O–H groups in total. The first-order chi connectivity index (χ1) is 22.1. The third kappa shape index (κ3) is 5.94. The third-order valence-electron chi connectivity index (χ3n) is 8.75. The molecule has 0 spiro atoms. The summed E-state index contributed by atoms with van der Waals surface area (Å²) >= 11 is 13.9. The number of aromatic nitrogens is 1. The second kappa shape index (κ2) is 13.2. The Labute approximate surface area is 276 Å². The van der Waals surface area contributed by atoms with Crippen LogP contribution < -0.4 is 15.4 Å². The second-order valence-corrected chi connectivity index (χ2v) is 12.4. The first kappa shape index (κ1) is 32.2. The van der Waals surface area contributed by atoms with Crippen molar-refractivity contribution in [2.45, 2.75) is 43.8 Å². The molecule has 13 heteroatoms. The molecule has 3 aromatic rings. The Morgan fingerprint density at radius 2 is 1.78 bits per heavy atom. The molecule has 1 aromatic heterocycles. The lowest BCUT2D eigenvalue weighted by atomic mass is 9.99. The minimum atomic E-state index is -1.17. The monoisotopic (exact) mass is 667 g/mol. The lowest BCUT2D eigenvalue weighted by Crippen LogP contribution is -2.51. The van der Waals surface area contributed by atoms with Crippen LogP contribution in [0, 0.1) is 0 Å². The summed E-state index contributed by atoms with van der Waals surface area (Å²) in [6.07, 6.45) is 1.94. The van der Waals surface area contributed by atoms with Crippen molar-refractivity contribution in [1.82, 2.24) is 20.1 Å². The van der Waals surface area contributed by atoms with E-state index < -0.39 is 24.3 Å². The molecule has 46 heavy (non-hydrogen) atoms. The summed E-state index contributed by atoms with van der Waals surface area (Å²) in [7, 11) is 4.56. The highest BCUT2D eigenvalue weighted by Gasteiger charge is 2.34. The molecule has 2 amide bonds. The fraction of sp³-hybridized carbons (Fsp3) is 0.364. The van der Waals surface area contributed by atoms with Gasteiger partial charge in [0.2, 0.25) is 12.2 Å². The van der Waals surface area contributed by atoms with Gasteiger partial charge in [-0.05, 0) is 37.0 Å². The number of likely N-dealkylation sites (N-methyl/N-ethyl adjacent to an activating group) is 1. The van der Waals surface area contributed by atoms with Crippen LogP contribution in [0.5, 0.6) is 5.88 Å². The molecule has 6 rings (SSSR count). The van der Waals surface area contributed by atoms with Crippen LogP contribution in [0.4, 0.5) is 5.69 Å². The average Bonchev–Trinajstić information content (AvgIpc) is 3.46. The van der Waals surface area contributed by atoms with E-state index in [1.165, 1.54) is 18.1 Å². The fourth-order valence-corrected chi connectivity index (χ4v) is 6.85. The minimum Gasteiger partial charge on any atom is -0.481 e. The quantitative estimate of drug-likeness (QED) is 0.276. The van der Waals surface area contributed by atoms with Crippen LogP contribution in [0.2, 0.25) is 10.0 Å². The molecule has 4 atom stereocenters. The van der Waals surface area contributed by atoms with Crippen LogP contribution in [-0.2, 0) is 20.7 Å². The van der Waals surface area contributed by atoms with Crippen LogP contribution in [0.15, 0.2) is 54.2 Å². The number of rotatable bonds is 7. The third-order valence-corrected chi connectivity index (χ3v) is 9.56. The van der Waals surface area contributed by atoms with Crippen molar-refractivity contribution in [3.63, 3.8) is 0 Å². The van der Waals surface area contributed by atoms with Crippen molar-refractivity contribution in [2.75, 3.05) is 39.7 Å². The molecule has 242 valence electrons. The number of methoxy groups -OCH3 is 1. The number of carbonyl (C=O) groups is 2. The highest BCUT2D eigenvalue weighted by Crippen LogP contribution is 2.44. The van der Waals surface area contributed by atoms with Gasteiger partial charge in [0.25, 0.3) is 11.8 Å². The van der Waals surface area contributed by atoms with E-state index >= 15 is 0 Å². The van der Waals surface area contributed by atoms with Crippen molar-refractivity contribution in [3.05, 3.63) is 75.4 Å². The van der Waals surface area contributed by atoms with Gasteiger partial charge in [-0.1, -0.05) is 53.5 Å². The summed E-state index contributed by atoms with van der Waals surface area (Å²) in [6, 6.07) is 12.7. The number of nitrogens with zero attached hydrogens (tertiary/aromatic N) is 3.